The largest absolute Gasteiger partial charge is 0.480 e. The number of carboxylic acid groups (broad SMARTS) is 1. The molecule has 1 unspecified atom stereocenters. The van der Waals surface area contributed by atoms with E-state index in [1.165, 1.54) is 18.2 Å². The van der Waals surface area contributed by atoms with Gasteiger partial charge in [-0.2, -0.15) is 0 Å². The van der Waals surface area contributed by atoms with Crippen molar-refractivity contribution in [3.8, 4) is 0 Å². The topological polar surface area (TPSA) is 92.7 Å². The normalized spacial score (nSPS) is 12.4. The summed E-state index contributed by atoms with van der Waals surface area (Å²) in [4.78, 5) is 35.1. The Bertz CT molecular complexity index is 625. The fourth-order valence-corrected chi connectivity index (χ4v) is 2.05. The van der Waals surface area contributed by atoms with Gasteiger partial charge in [0.2, 0.25) is 0 Å². The van der Waals surface area contributed by atoms with Crippen molar-refractivity contribution in [1.82, 2.24) is 5.32 Å². The summed E-state index contributed by atoms with van der Waals surface area (Å²) in [7, 11) is 0. The van der Waals surface area contributed by atoms with E-state index in [2.05, 4.69) is 5.32 Å². The monoisotopic (exact) mass is 361 g/mol. The summed E-state index contributed by atoms with van der Waals surface area (Å²) in [5.41, 5.74) is -0.690. The van der Waals surface area contributed by atoms with Crippen LogP contribution in [0.5, 0.6) is 0 Å². The lowest BCUT2D eigenvalue weighted by Gasteiger charge is -2.21. The molecule has 0 aromatic heterocycles. The maximum atomic E-state index is 12.2. The molecular weight excluding hydrogens is 345 g/mol. The minimum atomic E-state index is -1.44. The standard InChI is InChI=1S/C15H17Cl2NO5/c1-15(2,3)23-14(22)18-11(13(20)21)7-12(19)9-6-8(16)4-5-10(9)17/h4-6,11H,7H2,1-3H3,(H,18,22)(H,20,21). The van der Waals surface area contributed by atoms with Gasteiger partial charge in [-0.1, -0.05) is 23.2 Å². The predicted octanol–water partition coefficient (Wildman–Crippen LogP) is 3.54. The first kappa shape index (κ1) is 19.3. The number of aliphatic carboxylic acids is 1. The van der Waals surface area contributed by atoms with E-state index in [0.29, 0.717) is 5.02 Å². The molecule has 0 bridgehead atoms. The Morgan fingerprint density at radius 3 is 2.39 bits per heavy atom. The molecule has 0 fully saturated rings. The molecule has 1 aromatic carbocycles. The molecule has 0 saturated carbocycles. The van der Waals surface area contributed by atoms with Crippen LogP contribution in [0.25, 0.3) is 0 Å². The zero-order valence-electron chi connectivity index (χ0n) is 12.9. The lowest BCUT2D eigenvalue weighted by molar-refractivity contribution is -0.139. The van der Waals surface area contributed by atoms with E-state index in [1.807, 2.05) is 0 Å². The summed E-state index contributed by atoms with van der Waals surface area (Å²) >= 11 is 11.7. The number of hydrogen-bond donors (Lipinski definition) is 2. The van der Waals surface area contributed by atoms with Gasteiger partial charge in [0, 0.05) is 17.0 Å². The first-order chi connectivity index (χ1) is 10.5. The highest BCUT2D eigenvalue weighted by atomic mass is 35.5. The van der Waals surface area contributed by atoms with Crippen molar-refractivity contribution in [1.29, 1.82) is 0 Å². The molecule has 0 aliphatic rings. The van der Waals surface area contributed by atoms with E-state index < -0.39 is 35.9 Å². The Hall–Kier alpha value is -1.79. The number of alkyl carbamates (subject to hydrolysis) is 1. The molecule has 0 spiro atoms. The number of hydrogen-bond acceptors (Lipinski definition) is 4. The smallest absolute Gasteiger partial charge is 0.408 e. The van der Waals surface area contributed by atoms with Crippen LogP contribution in [0.3, 0.4) is 0 Å². The van der Waals surface area contributed by atoms with Crippen molar-refractivity contribution in [2.75, 3.05) is 0 Å². The lowest BCUT2D eigenvalue weighted by atomic mass is 10.0. The van der Waals surface area contributed by atoms with Crippen molar-refractivity contribution >= 4 is 41.0 Å². The van der Waals surface area contributed by atoms with Crippen LogP contribution in [0.2, 0.25) is 10.0 Å². The molecule has 8 heteroatoms. The average molecular weight is 362 g/mol. The van der Waals surface area contributed by atoms with Gasteiger partial charge >= 0.3 is 12.1 Å². The van der Waals surface area contributed by atoms with Crippen LogP contribution in [0, 0.1) is 0 Å². The van der Waals surface area contributed by atoms with E-state index in [1.54, 1.807) is 20.8 Å². The molecular formula is C15H17Cl2NO5. The molecule has 126 valence electrons. The van der Waals surface area contributed by atoms with E-state index in [-0.39, 0.29) is 10.6 Å². The maximum absolute atomic E-state index is 12.2. The van der Waals surface area contributed by atoms with E-state index >= 15 is 0 Å². The minimum Gasteiger partial charge on any atom is -0.480 e. The highest BCUT2D eigenvalue weighted by Gasteiger charge is 2.27. The number of halogens is 2. The summed E-state index contributed by atoms with van der Waals surface area (Å²) in [6.07, 6.45) is -1.40. The van der Waals surface area contributed by atoms with Crippen LogP contribution in [0.15, 0.2) is 18.2 Å². The van der Waals surface area contributed by atoms with Gasteiger partial charge in [-0.05, 0) is 39.0 Å². The number of rotatable bonds is 5. The molecule has 1 atom stereocenters. The van der Waals surface area contributed by atoms with Gasteiger partial charge in [0.25, 0.3) is 0 Å². The van der Waals surface area contributed by atoms with Gasteiger partial charge in [0.1, 0.15) is 11.6 Å². The van der Waals surface area contributed by atoms with Gasteiger partial charge in [-0.25, -0.2) is 9.59 Å². The molecule has 0 saturated heterocycles. The molecule has 0 aliphatic carbocycles. The second kappa shape index (κ2) is 7.66. The third kappa shape index (κ3) is 6.46. The summed E-state index contributed by atoms with van der Waals surface area (Å²) in [6.45, 7) is 4.91. The molecule has 6 nitrogen and oxygen atoms in total. The van der Waals surface area contributed by atoms with Crippen molar-refractivity contribution in [2.24, 2.45) is 0 Å². The third-order valence-corrected chi connectivity index (χ3v) is 3.17. The van der Waals surface area contributed by atoms with Gasteiger partial charge in [0.05, 0.1) is 5.02 Å². The zero-order chi connectivity index (χ0) is 17.8. The molecule has 1 aromatic rings. The number of amides is 1. The third-order valence-electron chi connectivity index (χ3n) is 2.61. The molecule has 1 amide bonds. The summed E-state index contributed by atoms with van der Waals surface area (Å²) in [5.74, 6) is -1.91. The molecule has 1 rings (SSSR count). The average Bonchev–Trinajstić information content (AvgIpc) is 2.38. The number of carboxylic acids is 1. The predicted molar refractivity (Wildman–Crippen MR) is 86.2 cm³/mol. The van der Waals surface area contributed by atoms with Crippen molar-refractivity contribution in [2.45, 2.75) is 38.8 Å². The van der Waals surface area contributed by atoms with Gasteiger partial charge in [-0.3, -0.25) is 4.79 Å². The first-order valence-electron chi connectivity index (χ1n) is 6.70. The Balaban J connectivity index is 2.84. The number of nitrogens with one attached hydrogen (secondary N) is 1. The van der Waals surface area contributed by atoms with Crippen molar-refractivity contribution < 1.29 is 24.2 Å². The minimum absolute atomic E-state index is 0.0939. The number of benzene rings is 1. The molecule has 0 radical (unpaired) electrons. The van der Waals surface area contributed by atoms with Crippen LogP contribution < -0.4 is 5.32 Å². The quantitative estimate of drug-likeness (QED) is 0.782. The Kier molecular flexibility index (Phi) is 6.41. The van der Waals surface area contributed by atoms with E-state index in [0.717, 1.165) is 0 Å². The Morgan fingerprint density at radius 1 is 1.26 bits per heavy atom. The number of carbonyl (C=O) groups excluding carboxylic acids is 2. The fourth-order valence-electron chi connectivity index (χ4n) is 1.66. The first-order valence-corrected chi connectivity index (χ1v) is 7.46. The van der Waals surface area contributed by atoms with Crippen LogP contribution in [-0.4, -0.2) is 34.6 Å². The van der Waals surface area contributed by atoms with Crippen molar-refractivity contribution in [3.63, 3.8) is 0 Å². The summed E-state index contributed by atoms with van der Waals surface area (Å²) in [6, 6.07) is 2.86. The molecule has 0 heterocycles. The SMILES string of the molecule is CC(C)(C)OC(=O)NC(CC(=O)c1cc(Cl)ccc1Cl)C(=O)O. The van der Waals surface area contributed by atoms with Gasteiger partial charge in [0.15, 0.2) is 5.78 Å². The second-order valence-corrected chi connectivity index (χ2v) is 6.63. The summed E-state index contributed by atoms with van der Waals surface area (Å²) < 4.78 is 4.98. The Morgan fingerprint density at radius 2 is 1.87 bits per heavy atom. The van der Waals surface area contributed by atoms with Gasteiger partial charge < -0.3 is 15.2 Å². The molecule has 2 N–H and O–H groups in total. The maximum Gasteiger partial charge on any atom is 0.408 e. The van der Waals surface area contributed by atoms with Crippen LogP contribution in [0.1, 0.15) is 37.6 Å². The summed E-state index contributed by atoms with van der Waals surface area (Å²) in [5, 5.41) is 11.8. The van der Waals surface area contributed by atoms with Crippen LogP contribution in [0.4, 0.5) is 4.79 Å². The number of Topliss-reactive ketones (excluding diaryl/α,β-unsaturated/α-hetero) is 1. The van der Waals surface area contributed by atoms with E-state index in [9.17, 15) is 14.4 Å². The zero-order valence-corrected chi connectivity index (χ0v) is 14.4. The highest BCUT2D eigenvalue weighted by Crippen LogP contribution is 2.22. The fraction of sp³-hybridized carbons (Fsp3) is 0.400. The van der Waals surface area contributed by atoms with Crippen molar-refractivity contribution in [3.05, 3.63) is 33.8 Å². The Labute approximate surface area is 143 Å². The number of ether oxygens (including phenoxy) is 1. The lowest BCUT2D eigenvalue weighted by Crippen LogP contribution is -2.44. The molecule has 23 heavy (non-hydrogen) atoms. The second-order valence-electron chi connectivity index (χ2n) is 5.79. The molecule has 0 aliphatic heterocycles. The number of ketones is 1. The number of carbonyl (C=O) groups is 3. The van der Waals surface area contributed by atoms with Gasteiger partial charge in [-0.15, -0.1) is 0 Å². The van der Waals surface area contributed by atoms with E-state index in [4.69, 9.17) is 33.0 Å². The highest BCUT2D eigenvalue weighted by molar-refractivity contribution is 6.36. The van der Waals surface area contributed by atoms with Crippen LogP contribution in [-0.2, 0) is 9.53 Å². The van der Waals surface area contributed by atoms with Crippen LogP contribution >= 0.6 is 23.2 Å².